The third kappa shape index (κ3) is 5.37. The molecule has 0 heterocycles. The van der Waals surface area contributed by atoms with Gasteiger partial charge in [-0.25, -0.2) is 0 Å². The minimum absolute atomic E-state index is 0.850. The molecule has 19 heavy (non-hydrogen) atoms. The van der Waals surface area contributed by atoms with Gasteiger partial charge in [0.15, 0.2) is 8.32 Å². The van der Waals surface area contributed by atoms with E-state index in [1.165, 1.54) is 36.5 Å². The Morgan fingerprint density at radius 2 is 1.63 bits per heavy atom. The summed E-state index contributed by atoms with van der Waals surface area (Å²) in [7, 11) is -1.41. The maximum Gasteiger partial charge on any atom is 0.192 e. The van der Waals surface area contributed by atoms with Crippen molar-refractivity contribution < 1.29 is 4.43 Å². The summed E-state index contributed by atoms with van der Waals surface area (Å²) in [5.74, 6) is 0. The van der Waals surface area contributed by atoms with Crippen LogP contribution in [0.1, 0.15) is 39.2 Å². The molecule has 0 aliphatic heterocycles. The zero-order valence-corrected chi connectivity index (χ0v) is 13.7. The van der Waals surface area contributed by atoms with Gasteiger partial charge in [-0.05, 0) is 55.6 Å². The molecule has 0 saturated carbocycles. The highest BCUT2D eigenvalue weighted by atomic mass is 28.4. The molecule has 2 nitrogen and oxygen atoms in total. The van der Waals surface area contributed by atoms with Crippen molar-refractivity contribution in [2.24, 2.45) is 0 Å². The van der Waals surface area contributed by atoms with E-state index in [1.807, 2.05) is 12.1 Å². The predicted octanol–water partition coefficient (Wildman–Crippen LogP) is 4.61. The van der Waals surface area contributed by atoms with E-state index in [-0.39, 0.29) is 0 Å². The van der Waals surface area contributed by atoms with Gasteiger partial charge in [0.1, 0.15) is 0 Å². The van der Waals surface area contributed by atoms with Crippen LogP contribution in [0, 0.1) is 0 Å². The van der Waals surface area contributed by atoms with Crippen LogP contribution >= 0.6 is 0 Å². The molecule has 0 fully saturated rings. The number of aryl methyl sites for hydroxylation is 1. The quantitative estimate of drug-likeness (QED) is 0.407. The second-order valence-electron chi connectivity index (χ2n) is 5.27. The molecule has 0 saturated heterocycles. The van der Waals surface area contributed by atoms with Crippen molar-refractivity contribution in [3.05, 3.63) is 29.8 Å². The molecule has 108 valence electrons. The Kier molecular flexibility index (Phi) is 7.17. The maximum atomic E-state index is 6.12. The largest absolute Gasteiger partial charge is 0.417 e. The first kappa shape index (κ1) is 16.3. The fourth-order valence-electron chi connectivity index (χ4n) is 2.65. The summed E-state index contributed by atoms with van der Waals surface area (Å²) in [6.07, 6.45) is 3.70. The molecule has 0 radical (unpaired) electrons. The van der Waals surface area contributed by atoms with E-state index >= 15 is 0 Å². The summed E-state index contributed by atoms with van der Waals surface area (Å²) >= 11 is 0. The van der Waals surface area contributed by atoms with Gasteiger partial charge in [0.05, 0.1) is 0 Å². The summed E-state index contributed by atoms with van der Waals surface area (Å²) < 4.78 is 6.12. The normalized spacial score (nSPS) is 11.7. The van der Waals surface area contributed by atoms with Crippen molar-refractivity contribution in [2.75, 3.05) is 12.3 Å². The van der Waals surface area contributed by atoms with Crippen LogP contribution in [0.4, 0.5) is 5.69 Å². The molecule has 1 aromatic rings. The second kappa shape index (κ2) is 8.38. The van der Waals surface area contributed by atoms with Gasteiger partial charge in [-0.15, -0.1) is 0 Å². The Morgan fingerprint density at radius 1 is 1.00 bits per heavy atom. The molecule has 0 aromatic heterocycles. The van der Waals surface area contributed by atoms with Crippen LogP contribution in [-0.2, 0) is 10.8 Å². The molecule has 0 atom stereocenters. The van der Waals surface area contributed by atoms with Gasteiger partial charge >= 0.3 is 0 Å². The molecule has 0 aliphatic carbocycles. The second-order valence-corrected chi connectivity index (χ2v) is 9.84. The Bertz CT molecular complexity index is 346. The zero-order chi connectivity index (χ0) is 14.1. The number of nitrogens with two attached hydrogens (primary N) is 1. The summed E-state index contributed by atoms with van der Waals surface area (Å²) in [6, 6.07) is 12.1. The average molecular weight is 279 g/mol. The molecule has 0 spiro atoms. The molecule has 2 N–H and O–H groups in total. The molecule has 1 aromatic carbocycles. The minimum atomic E-state index is -1.41. The molecule has 0 amide bonds. The Hall–Kier alpha value is -0.803. The van der Waals surface area contributed by atoms with E-state index < -0.39 is 8.32 Å². The third-order valence-corrected chi connectivity index (χ3v) is 8.81. The van der Waals surface area contributed by atoms with E-state index in [1.54, 1.807) is 0 Å². The van der Waals surface area contributed by atoms with Crippen LogP contribution in [0.2, 0.25) is 18.1 Å². The van der Waals surface area contributed by atoms with E-state index in [0.717, 1.165) is 18.7 Å². The number of unbranched alkanes of at least 4 members (excludes halogenated alkanes) is 1. The number of hydrogen-bond donors (Lipinski definition) is 1. The van der Waals surface area contributed by atoms with Gasteiger partial charge < -0.3 is 10.2 Å². The van der Waals surface area contributed by atoms with Crippen LogP contribution in [-0.4, -0.2) is 14.9 Å². The standard InChI is InChI=1S/C16H29NOSi/c1-4-18-19(5-2,6-3)14-8-7-9-15-10-12-16(17)13-11-15/h10-13H,4-9,14,17H2,1-3H3. The third-order valence-electron chi connectivity index (χ3n) is 4.07. The van der Waals surface area contributed by atoms with Gasteiger partial charge in [-0.2, -0.15) is 0 Å². The molecule has 1 rings (SSSR count). The highest BCUT2D eigenvalue weighted by molar-refractivity contribution is 6.73. The van der Waals surface area contributed by atoms with E-state index in [0.29, 0.717) is 0 Å². The van der Waals surface area contributed by atoms with Crippen LogP contribution < -0.4 is 5.73 Å². The summed E-state index contributed by atoms with van der Waals surface area (Å²) in [6.45, 7) is 7.60. The topological polar surface area (TPSA) is 35.2 Å². The Labute approximate surface area is 119 Å². The van der Waals surface area contributed by atoms with E-state index in [2.05, 4.69) is 32.9 Å². The highest BCUT2D eigenvalue weighted by Gasteiger charge is 2.29. The van der Waals surface area contributed by atoms with Crippen molar-refractivity contribution in [2.45, 2.75) is 58.2 Å². The summed E-state index contributed by atoms with van der Waals surface area (Å²) in [4.78, 5) is 0. The van der Waals surface area contributed by atoms with Crippen molar-refractivity contribution in [3.8, 4) is 0 Å². The monoisotopic (exact) mass is 279 g/mol. The molecular weight excluding hydrogens is 250 g/mol. The zero-order valence-electron chi connectivity index (χ0n) is 12.7. The van der Waals surface area contributed by atoms with E-state index in [9.17, 15) is 0 Å². The lowest BCUT2D eigenvalue weighted by Crippen LogP contribution is -2.36. The Balaban J connectivity index is 2.34. The lowest BCUT2D eigenvalue weighted by atomic mass is 10.1. The molecule has 0 aliphatic rings. The van der Waals surface area contributed by atoms with Crippen LogP contribution in [0.15, 0.2) is 24.3 Å². The van der Waals surface area contributed by atoms with Gasteiger partial charge in [-0.3, -0.25) is 0 Å². The average Bonchev–Trinajstić information content (AvgIpc) is 2.44. The minimum Gasteiger partial charge on any atom is -0.417 e. The highest BCUT2D eigenvalue weighted by Crippen LogP contribution is 2.25. The smallest absolute Gasteiger partial charge is 0.192 e. The predicted molar refractivity (Wildman–Crippen MR) is 86.9 cm³/mol. The van der Waals surface area contributed by atoms with E-state index in [4.69, 9.17) is 10.2 Å². The van der Waals surface area contributed by atoms with Gasteiger partial charge in [0.2, 0.25) is 0 Å². The lowest BCUT2D eigenvalue weighted by molar-refractivity contribution is 0.318. The van der Waals surface area contributed by atoms with Gasteiger partial charge in [0.25, 0.3) is 0 Å². The molecule has 0 unspecified atom stereocenters. The molecule has 3 heteroatoms. The van der Waals surface area contributed by atoms with Gasteiger partial charge in [0, 0.05) is 12.3 Å². The van der Waals surface area contributed by atoms with Crippen LogP contribution in [0.25, 0.3) is 0 Å². The maximum absolute atomic E-state index is 6.12. The summed E-state index contributed by atoms with van der Waals surface area (Å²) in [5.41, 5.74) is 7.94. The molecule has 0 bridgehead atoms. The van der Waals surface area contributed by atoms with Crippen molar-refractivity contribution >= 4 is 14.0 Å². The first-order valence-electron chi connectivity index (χ1n) is 7.64. The number of rotatable bonds is 9. The Morgan fingerprint density at radius 3 is 2.16 bits per heavy atom. The van der Waals surface area contributed by atoms with Crippen molar-refractivity contribution in [1.82, 2.24) is 0 Å². The number of nitrogen functional groups attached to an aromatic ring is 1. The first-order chi connectivity index (χ1) is 9.15. The van der Waals surface area contributed by atoms with Crippen LogP contribution in [0.5, 0.6) is 0 Å². The fraction of sp³-hybridized carbons (Fsp3) is 0.625. The molecular formula is C16H29NOSi. The van der Waals surface area contributed by atoms with Crippen molar-refractivity contribution in [3.63, 3.8) is 0 Å². The van der Waals surface area contributed by atoms with Crippen LogP contribution in [0.3, 0.4) is 0 Å². The van der Waals surface area contributed by atoms with Crippen molar-refractivity contribution in [1.29, 1.82) is 0 Å². The summed E-state index contributed by atoms with van der Waals surface area (Å²) in [5, 5.41) is 0. The SMILES string of the molecule is CCO[Si](CC)(CC)CCCCc1ccc(N)cc1. The lowest BCUT2D eigenvalue weighted by Gasteiger charge is -2.28. The first-order valence-corrected chi connectivity index (χ1v) is 10.2. The van der Waals surface area contributed by atoms with Gasteiger partial charge in [-0.1, -0.05) is 32.4 Å². The fourth-order valence-corrected chi connectivity index (χ4v) is 5.91. The number of anilines is 1. The number of hydrogen-bond acceptors (Lipinski definition) is 2. The number of benzene rings is 1.